The SMILES string of the molecule is OCc1ccc(Br)c(Cl)c1O. The number of hydrogen-bond donors (Lipinski definition) is 2. The number of aliphatic hydroxyl groups excluding tert-OH is 1. The van der Waals surface area contributed by atoms with Gasteiger partial charge in [-0.15, -0.1) is 0 Å². The van der Waals surface area contributed by atoms with E-state index in [0.29, 0.717) is 10.0 Å². The zero-order valence-electron chi connectivity index (χ0n) is 5.51. The molecule has 11 heavy (non-hydrogen) atoms. The molecule has 0 aliphatic carbocycles. The molecular weight excluding hydrogens is 231 g/mol. The van der Waals surface area contributed by atoms with Crippen molar-refractivity contribution < 1.29 is 10.2 Å². The van der Waals surface area contributed by atoms with Crippen molar-refractivity contribution in [2.75, 3.05) is 0 Å². The number of halogens is 2. The Hall–Kier alpha value is -0.250. The molecule has 0 aliphatic rings. The lowest BCUT2D eigenvalue weighted by Gasteiger charge is -2.03. The molecular formula is C7H6BrClO2. The van der Waals surface area contributed by atoms with Crippen LogP contribution in [0.5, 0.6) is 5.75 Å². The second kappa shape index (κ2) is 3.43. The van der Waals surface area contributed by atoms with Gasteiger partial charge in [0.05, 0.1) is 11.6 Å². The van der Waals surface area contributed by atoms with Crippen molar-refractivity contribution in [2.24, 2.45) is 0 Å². The molecule has 0 spiro atoms. The van der Waals surface area contributed by atoms with Crippen molar-refractivity contribution >= 4 is 27.5 Å². The summed E-state index contributed by atoms with van der Waals surface area (Å²) in [5, 5.41) is 18.2. The number of phenols is 1. The Morgan fingerprint density at radius 2 is 2.09 bits per heavy atom. The van der Waals surface area contributed by atoms with Crippen molar-refractivity contribution in [2.45, 2.75) is 6.61 Å². The summed E-state index contributed by atoms with van der Waals surface area (Å²) in [6.07, 6.45) is 0. The van der Waals surface area contributed by atoms with Gasteiger partial charge in [-0.3, -0.25) is 0 Å². The highest BCUT2D eigenvalue weighted by molar-refractivity contribution is 9.10. The summed E-state index contributed by atoms with van der Waals surface area (Å²) >= 11 is 8.79. The minimum Gasteiger partial charge on any atom is -0.506 e. The van der Waals surface area contributed by atoms with E-state index < -0.39 is 0 Å². The third kappa shape index (κ3) is 1.67. The fraction of sp³-hybridized carbons (Fsp3) is 0.143. The van der Waals surface area contributed by atoms with Crippen molar-refractivity contribution in [3.63, 3.8) is 0 Å². The Kier molecular flexibility index (Phi) is 2.76. The van der Waals surface area contributed by atoms with Gasteiger partial charge in [0, 0.05) is 10.0 Å². The first kappa shape index (κ1) is 8.84. The summed E-state index contributed by atoms with van der Waals surface area (Å²) in [7, 11) is 0. The van der Waals surface area contributed by atoms with Gasteiger partial charge in [0.15, 0.2) is 0 Å². The largest absolute Gasteiger partial charge is 0.506 e. The standard InChI is InChI=1S/C7H6BrClO2/c8-5-2-1-4(3-10)7(11)6(5)9/h1-2,10-11H,3H2. The van der Waals surface area contributed by atoms with Crippen LogP contribution >= 0.6 is 27.5 Å². The van der Waals surface area contributed by atoms with E-state index in [-0.39, 0.29) is 17.4 Å². The van der Waals surface area contributed by atoms with Crippen LogP contribution in [0.25, 0.3) is 0 Å². The van der Waals surface area contributed by atoms with Gasteiger partial charge in [0.2, 0.25) is 0 Å². The topological polar surface area (TPSA) is 40.5 Å². The lowest BCUT2D eigenvalue weighted by molar-refractivity contribution is 0.275. The highest BCUT2D eigenvalue weighted by atomic mass is 79.9. The number of rotatable bonds is 1. The van der Waals surface area contributed by atoms with Crippen LogP contribution in [0.15, 0.2) is 16.6 Å². The molecule has 0 amide bonds. The van der Waals surface area contributed by atoms with Crippen LogP contribution in [-0.4, -0.2) is 10.2 Å². The smallest absolute Gasteiger partial charge is 0.140 e. The average Bonchev–Trinajstić information content (AvgIpc) is 2.01. The fourth-order valence-corrected chi connectivity index (χ4v) is 1.21. The molecule has 0 aromatic heterocycles. The molecule has 1 aromatic carbocycles. The molecule has 0 saturated heterocycles. The van der Waals surface area contributed by atoms with Crippen LogP contribution in [0, 0.1) is 0 Å². The third-order valence-corrected chi connectivity index (χ3v) is 2.59. The van der Waals surface area contributed by atoms with E-state index in [1.165, 1.54) is 0 Å². The summed E-state index contributed by atoms with van der Waals surface area (Å²) in [4.78, 5) is 0. The minimum atomic E-state index is -0.209. The molecule has 0 unspecified atom stereocenters. The monoisotopic (exact) mass is 236 g/mol. The summed E-state index contributed by atoms with van der Waals surface area (Å²) in [5.41, 5.74) is 0.429. The Morgan fingerprint density at radius 3 is 2.64 bits per heavy atom. The van der Waals surface area contributed by atoms with E-state index in [4.69, 9.17) is 16.7 Å². The molecule has 0 atom stereocenters. The first-order valence-corrected chi connectivity index (χ1v) is 4.10. The second-order valence-electron chi connectivity index (χ2n) is 2.03. The summed E-state index contributed by atoms with van der Waals surface area (Å²) in [5.74, 6) is -0.0662. The maximum absolute atomic E-state index is 9.26. The molecule has 60 valence electrons. The van der Waals surface area contributed by atoms with Gasteiger partial charge in [0.25, 0.3) is 0 Å². The summed E-state index contributed by atoms with van der Waals surface area (Å²) < 4.78 is 0.619. The third-order valence-electron chi connectivity index (χ3n) is 1.32. The highest BCUT2D eigenvalue weighted by Crippen LogP contribution is 2.33. The van der Waals surface area contributed by atoms with E-state index >= 15 is 0 Å². The maximum atomic E-state index is 9.26. The van der Waals surface area contributed by atoms with Gasteiger partial charge in [0.1, 0.15) is 5.75 Å². The molecule has 1 rings (SSSR count). The van der Waals surface area contributed by atoms with Crippen molar-refractivity contribution in [3.05, 3.63) is 27.2 Å². The average molecular weight is 237 g/mol. The lowest BCUT2D eigenvalue weighted by Crippen LogP contribution is -1.84. The molecule has 0 radical (unpaired) electrons. The van der Waals surface area contributed by atoms with Crippen molar-refractivity contribution in [1.82, 2.24) is 0 Å². The normalized spacial score (nSPS) is 10.1. The van der Waals surface area contributed by atoms with E-state index in [2.05, 4.69) is 15.9 Å². The van der Waals surface area contributed by atoms with Crippen LogP contribution in [-0.2, 0) is 6.61 Å². The van der Waals surface area contributed by atoms with Gasteiger partial charge < -0.3 is 10.2 Å². The number of benzene rings is 1. The molecule has 4 heteroatoms. The zero-order valence-corrected chi connectivity index (χ0v) is 7.85. The van der Waals surface area contributed by atoms with Gasteiger partial charge in [-0.1, -0.05) is 17.7 Å². The first-order valence-electron chi connectivity index (χ1n) is 2.93. The first-order chi connectivity index (χ1) is 5.16. The van der Waals surface area contributed by atoms with E-state index in [9.17, 15) is 5.11 Å². The summed E-state index contributed by atoms with van der Waals surface area (Å²) in [6.45, 7) is -0.209. The van der Waals surface area contributed by atoms with Gasteiger partial charge in [-0.25, -0.2) is 0 Å². The zero-order chi connectivity index (χ0) is 8.43. The molecule has 0 aliphatic heterocycles. The lowest BCUT2D eigenvalue weighted by atomic mass is 10.2. The van der Waals surface area contributed by atoms with E-state index in [0.717, 1.165) is 0 Å². The van der Waals surface area contributed by atoms with Crippen LogP contribution in [0.4, 0.5) is 0 Å². The van der Waals surface area contributed by atoms with Crippen LogP contribution in [0.2, 0.25) is 5.02 Å². The van der Waals surface area contributed by atoms with Gasteiger partial charge in [-0.2, -0.15) is 0 Å². The molecule has 2 N–H and O–H groups in total. The number of hydrogen-bond acceptors (Lipinski definition) is 2. The predicted octanol–water partition coefficient (Wildman–Crippen LogP) is 2.30. The minimum absolute atomic E-state index is 0.0662. The molecule has 0 bridgehead atoms. The van der Waals surface area contributed by atoms with Crippen LogP contribution in [0.3, 0.4) is 0 Å². The number of aromatic hydroxyl groups is 1. The summed E-state index contributed by atoms with van der Waals surface area (Å²) in [6, 6.07) is 3.28. The Morgan fingerprint density at radius 1 is 1.45 bits per heavy atom. The van der Waals surface area contributed by atoms with Crippen LogP contribution in [0.1, 0.15) is 5.56 Å². The molecule has 0 fully saturated rings. The second-order valence-corrected chi connectivity index (χ2v) is 3.26. The Bertz CT molecular complexity index is 275. The predicted molar refractivity (Wildman–Crippen MR) is 46.7 cm³/mol. The fourth-order valence-electron chi connectivity index (χ4n) is 0.708. The van der Waals surface area contributed by atoms with Gasteiger partial charge >= 0.3 is 0 Å². The van der Waals surface area contributed by atoms with Crippen molar-refractivity contribution in [1.29, 1.82) is 0 Å². The molecule has 2 nitrogen and oxygen atoms in total. The Labute approximate surface area is 77.6 Å². The van der Waals surface area contributed by atoms with Crippen molar-refractivity contribution in [3.8, 4) is 5.75 Å². The van der Waals surface area contributed by atoms with E-state index in [1.807, 2.05) is 0 Å². The number of aliphatic hydroxyl groups is 1. The van der Waals surface area contributed by atoms with E-state index in [1.54, 1.807) is 12.1 Å². The molecule has 1 aromatic rings. The molecule has 0 saturated carbocycles. The van der Waals surface area contributed by atoms with Crippen LogP contribution < -0.4 is 0 Å². The highest BCUT2D eigenvalue weighted by Gasteiger charge is 2.07. The maximum Gasteiger partial charge on any atom is 0.140 e. The Balaban J connectivity index is 3.25. The molecule has 0 heterocycles. The quantitative estimate of drug-likeness (QED) is 0.787. The van der Waals surface area contributed by atoms with Gasteiger partial charge in [-0.05, 0) is 22.0 Å².